The highest BCUT2D eigenvalue weighted by Gasteiger charge is 2.19. The van der Waals surface area contributed by atoms with E-state index in [0.29, 0.717) is 24.3 Å². The van der Waals surface area contributed by atoms with Gasteiger partial charge in [-0.2, -0.15) is 10.5 Å². The minimum absolute atomic E-state index is 0.396. The highest BCUT2D eigenvalue weighted by Crippen LogP contribution is 2.40. The van der Waals surface area contributed by atoms with Gasteiger partial charge in [0.1, 0.15) is 12.1 Å². The van der Waals surface area contributed by atoms with Gasteiger partial charge in [0.2, 0.25) is 0 Å². The maximum atomic E-state index is 9.40. The van der Waals surface area contributed by atoms with Gasteiger partial charge in [0.25, 0.3) is 0 Å². The zero-order valence-electron chi connectivity index (χ0n) is 13.8. The second-order valence-corrected chi connectivity index (χ2v) is 8.06. The summed E-state index contributed by atoms with van der Waals surface area (Å²) in [6.45, 7) is 2.86. The summed E-state index contributed by atoms with van der Waals surface area (Å²) in [6, 6.07) is 15.9. The molecule has 1 aliphatic heterocycles. The van der Waals surface area contributed by atoms with Crippen LogP contribution in [0.25, 0.3) is 10.2 Å². The van der Waals surface area contributed by atoms with Crippen molar-refractivity contribution in [2.75, 3.05) is 31.2 Å². The first-order chi connectivity index (χ1) is 12.8. The van der Waals surface area contributed by atoms with E-state index in [0.717, 1.165) is 38.2 Å². The first kappa shape index (κ1) is 16.9. The van der Waals surface area contributed by atoms with Crippen LogP contribution in [0.4, 0.5) is 5.69 Å². The van der Waals surface area contributed by atoms with Crippen molar-refractivity contribution in [3.05, 3.63) is 47.5 Å². The number of nitrogens with zero attached hydrogens (tertiary/aromatic N) is 4. The molecule has 2 heterocycles. The zero-order valence-corrected chi connectivity index (χ0v) is 15.4. The normalized spacial score (nSPS) is 14.2. The Balaban J connectivity index is 1.77. The molecule has 1 saturated heterocycles. The molecule has 0 amide bonds. The standard InChI is InChI=1S/C19H14N4OS2/c20-11-13-9-16(23-5-7-24-8-6-23)18(10-14(13)12-21)26-19-22-15-3-1-2-4-17(15)25-19/h1-4,9-10H,5-8H2. The molecule has 1 fully saturated rings. The van der Waals surface area contributed by atoms with Crippen LogP contribution in [0.2, 0.25) is 0 Å². The zero-order chi connectivity index (χ0) is 17.9. The highest BCUT2D eigenvalue weighted by atomic mass is 32.2. The molecule has 0 unspecified atom stereocenters. The van der Waals surface area contributed by atoms with Crippen LogP contribution in [0.5, 0.6) is 0 Å². The lowest BCUT2D eigenvalue weighted by Gasteiger charge is -2.30. The van der Waals surface area contributed by atoms with Crippen molar-refractivity contribution in [2.45, 2.75) is 9.24 Å². The third-order valence-electron chi connectivity index (χ3n) is 4.16. The molecule has 0 saturated carbocycles. The maximum Gasteiger partial charge on any atom is 0.155 e. The van der Waals surface area contributed by atoms with Crippen molar-refractivity contribution in [1.82, 2.24) is 4.98 Å². The summed E-state index contributed by atoms with van der Waals surface area (Å²) in [4.78, 5) is 7.84. The molecule has 0 radical (unpaired) electrons. The summed E-state index contributed by atoms with van der Waals surface area (Å²) in [6.07, 6.45) is 0. The highest BCUT2D eigenvalue weighted by molar-refractivity contribution is 8.01. The van der Waals surface area contributed by atoms with Gasteiger partial charge in [-0.15, -0.1) is 11.3 Å². The number of hydrogen-bond donors (Lipinski definition) is 0. The number of ether oxygens (including phenoxy) is 1. The molecule has 0 bridgehead atoms. The number of para-hydroxylation sites is 1. The molecule has 0 spiro atoms. The van der Waals surface area contributed by atoms with Crippen molar-refractivity contribution in [3.8, 4) is 12.1 Å². The summed E-state index contributed by atoms with van der Waals surface area (Å²) in [5, 5.41) is 18.8. The van der Waals surface area contributed by atoms with Gasteiger partial charge in [-0.3, -0.25) is 0 Å². The van der Waals surface area contributed by atoms with Gasteiger partial charge in [-0.25, -0.2) is 4.98 Å². The number of nitriles is 2. The summed E-state index contributed by atoms with van der Waals surface area (Å²) in [5.41, 5.74) is 2.74. The average molecular weight is 378 g/mol. The van der Waals surface area contributed by atoms with Crippen LogP contribution in [-0.2, 0) is 4.74 Å². The smallest absolute Gasteiger partial charge is 0.155 e. The summed E-state index contributed by atoms with van der Waals surface area (Å²) < 4.78 is 7.51. The fourth-order valence-corrected chi connectivity index (χ4v) is 5.08. The minimum Gasteiger partial charge on any atom is -0.378 e. The number of thiazole rings is 1. The van der Waals surface area contributed by atoms with Crippen LogP contribution in [-0.4, -0.2) is 31.3 Å². The number of aromatic nitrogens is 1. The van der Waals surface area contributed by atoms with Crippen LogP contribution in [0.1, 0.15) is 11.1 Å². The Labute approximate surface area is 159 Å². The number of fused-ring (bicyclic) bond motifs is 1. The molecule has 0 aliphatic carbocycles. The van der Waals surface area contributed by atoms with E-state index < -0.39 is 0 Å². The molecule has 5 nitrogen and oxygen atoms in total. The largest absolute Gasteiger partial charge is 0.378 e. The van der Waals surface area contributed by atoms with Crippen molar-refractivity contribution in [1.29, 1.82) is 10.5 Å². The number of anilines is 1. The van der Waals surface area contributed by atoms with E-state index in [2.05, 4.69) is 28.1 Å². The third kappa shape index (κ3) is 3.25. The van der Waals surface area contributed by atoms with Crippen LogP contribution < -0.4 is 4.90 Å². The summed E-state index contributed by atoms with van der Waals surface area (Å²) in [7, 11) is 0. The first-order valence-electron chi connectivity index (χ1n) is 8.13. The Morgan fingerprint density at radius 2 is 1.81 bits per heavy atom. The van der Waals surface area contributed by atoms with Gasteiger partial charge >= 0.3 is 0 Å². The Kier molecular flexibility index (Phi) is 4.77. The van der Waals surface area contributed by atoms with Gasteiger partial charge in [-0.1, -0.05) is 23.9 Å². The third-order valence-corrected chi connectivity index (χ3v) is 6.31. The van der Waals surface area contributed by atoms with Crippen molar-refractivity contribution < 1.29 is 4.74 Å². The molecule has 1 aliphatic rings. The van der Waals surface area contributed by atoms with Crippen molar-refractivity contribution in [2.24, 2.45) is 0 Å². The molecule has 1 aromatic heterocycles. The van der Waals surface area contributed by atoms with E-state index in [1.54, 1.807) is 29.2 Å². The van der Waals surface area contributed by atoms with E-state index in [-0.39, 0.29) is 0 Å². The van der Waals surface area contributed by atoms with E-state index in [4.69, 9.17) is 4.74 Å². The van der Waals surface area contributed by atoms with Crippen LogP contribution >= 0.6 is 23.1 Å². The Morgan fingerprint density at radius 1 is 1.08 bits per heavy atom. The van der Waals surface area contributed by atoms with Gasteiger partial charge in [0.15, 0.2) is 4.34 Å². The molecule has 0 atom stereocenters. The summed E-state index contributed by atoms with van der Waals surface area (Å²) in [5.74, 6) is 0. The topological polar surface area (TPSA) is 72.9 Å². The molecule has 7 heteroatoms. The van der Waals surface area contributed by atoms with Crippen LogP contribution in [0.3, 0.4) is 0 Å². The van der Waals surface area contributed by atoms with Crippen molar-refractivity contribution >= 4 is 39.0 Å². The summed E-state index contributed by atoms with van der Waals surface area (Å²) >= 11 is 3.18. The molecule has 3 aromatic rings. The van der Waals surface area contributed by atoms with Gasteiger partial charge in [0.05, 0.1) is 40.2 Å². The second-order valence-electron chi connectivity index (χ2n) is 5.74. The predicted molar refractivity (Wildman–Crippen MR) is 103 cm³/mol. The van der Waals surface area contributed by atoms with Crippen molar-refractivity contribution in [3.63, 3.8) is 0 Å². The average Bonchev–Trinajstić information content (AvgIpc) is 3.10. The maximum absolute atomic E-state index is 9.40. The molecular formula is C19H14N4OS2. The van der Waals surface area contributed by atoms with E-state index in [1.807, 2.05) is 24.3 Å². The van der Waals surface area contributed by atoms with E-state index in [9.17, 15) is 10.5 Å². The Bertz CT molecular complexity index is 1010. The lowest BCUT2D eigenvalue weighted by Crippen LogP contribution is -2.36. The molecule has 0 N–H and O–H groups in total. The van der Waals surface area contributed by atoms with E-state index in [1.165, 1.54) is 0 Å². The molecule has 4 rings (SSSR count). The SMILES string of the molecule is N#Cc1cc(Sc2nc3ccccc3s2)c(N2CCOCC2)cc1C#N. The van der Waals surface area contributed by atoms with Crippen LogP contribution in [0.15, 0.2) is 45.6 Å². The number of rotatable bonds is 3. The fourth-order valence-electron chi connectivity index (χ4n) is 2.88. The Morgan fingerprint density at radius 3 is 2.54 bits per heavy atom. The molecule has 26 heavy (non-hydrogen) atoms. The molecule has 2 aromatic carbocycles. The van der Waals surface area contributed by atoms with Gasteiger partial charge in [-0.05, 0) is 24.3 Å². The number of benzene rings is 2. The second kappa shape index (κ2) is 7.35. The lowest BCUT2D eigenvalue weighted by atomic mass is 10.1. The molecule has 128 valence electrons. The minimum atomic E-state index is 0.396. The fraction of sp³-hybridized carbons (Fsp3) is 0.211. The lowest BCUT2D eigenvalue weighted by molar-refractivity contribution is 0.122. The first-order valence-corrected chi connectivity index (χ1v) is 9.76. The Hall–Kier alpha value is -2.58. The number of morpholine rings is 1. The monoisotopic (exact) mass is 378 g/mol. The van der Waals surface area contributed by atoms with Crippen LogP contribution in [0, 0.1) is 22.7 Å². The number of hydrogen-bond acceptors (Lipinski definition) is 7. The van der Waals surface area contributed by atoms with E-state index >= 15 is 0 Å². The van der Waals surface area contributed by atoms with Gasteiger partial charge in [0, 0.05) is 18.0 Å². The van der Waals surface area contributed by atoms with Gasteiger partial charge < -0.3 is 9.64 Å². The predicted octanol–water partition coefficient (Wildman–Crippen LogP) is 4.03. The molecular weight excluding hydrogens is 364 g/mol. The quantitative estimate of drug-likeness (QED) is 0.685.